The molecule has 218 valence electrons. The maximum absolute atomic E-state index is 12.4. The number of hydrogen-bond donors (Lipinski definition) is 0. The molecule has 0 unspecified atom stereocenters. The van der Waals surface area contributed by atoms with Crippen LogP contribution in [0.1, 0.15) is 90.0 Å². The number of carbonyl (C=O) groups excluding carboxylic acids is 3. The highest BCUT2D eigenvalue weighted by Gasteiger charge is 2.84. The zero-order valence-corrected chi connectivity index (χ0v) is 23.8. The van der Waals surface area contributed by atoms with Crippen LogP contribution in [0.25, 0.3) is 0 Å². The van der Waals surface area contributed by atoms with Gasteiger partial charge in [0.15, 0.2) is 0 Å². The van der Waals surface area contributed by atoms with Crippen molar-refractivity contribution in [2.24, 2.45) is 28.6 Å². The number of epoxide rings is 1. The summed E-state index contributed by atoms with van der Waals surface area (Å²) >= 11 is 0. The molecular formula is C31H40O9. The smallest absolute Gasteiger partial charge is 0.335 e. The van der Waals surface area contributed by atoms with Crippen molar-refractivity contribution in [3.05, 3.63) is 34.4 Å². The van der Waals surface area contributed by atoms with E-state index < -0.39 is 17.7 Å². The van der Waals surface area contributed by atoms with Crippen LogP contribution in [0.5, 0.6) is 0 Å². The van der Waals surface area contributed by atoms with Crippen molar-refractivity contribution in [1.82, 2.24) is 0 Å². The molecule has 5 fully saturated rings. The van der Waals surface area contributed by atoms with Crippen molar-refractivity contribution in [1.29, 1.82) is 0 Å². The van der Waals surface area contributed by atoms with Crippen LogP contribution in [-0.4, -0.2) is 48.9 Å². The standard InChI is InChI=1S/C31H40O9/c1-17(32)38-27-26(18-5-8-24(34)37-16-18)30(3)14-12-21-22(31(30)28(27)40-31)7-6-19-15-20(11-13-29(19,21)2)39-25(35)10-9-23(33)36-4/h5,8,16,19-22,26-28H,6-7,9-15H2,1-4H3/t19-,20+,21+,22-,26+,27-,28-,29+,30-,31-/m1/s1. The van der Waals surface area contributed by atoms with Crippen LogP contribution >= 0.6 is 0 Å². The predicted octanol–water partition coefficient (Wildman–Crippen LogP) is 4.30. The van der Waals surface area contributed by atoms with Gasteiger partial charge < -0.3 is 23.4 Å². The highest BCUT2D eigenvalue weighted by atomic mass is 16.7. The summed E-state index contributed by atoms with van der Waals surface area (Å²) in [5, 5.41) is 0. The number of methoxy groups -OCH3 is 1. The zero-order valence-electron chi connectivity index (χ0n) is 23.8. The lowest BCUT2D eigenvalue weighted by Crippen LogP contribution is -2.58. The van der Waals surface area contributed by atoms with Gasteiger partial charge in [-0.1, -0.05) is 13.8 Å². The summed E-state index contributed by atoms with van der Waals surface area (Å²) in [6, 6.07) is 3.26. The SMILES string of the molecule is COC(=O)CCC(=O)O[C@H]1CC[C@@]2(C)[C@H](CC[C@@H]3[C@@H]2CC[C@]2(C)[C@@H](c4ccc(=O)oc4)[C@@H](OC(C)=O)[C@H]4O[C@]342)C1. The average Bonchev–Trinajstić information content (AvgIpc) is 3.62. The van der Waals surface area contributed by atoms with E-state index in [1.165, 1.54) is 26.4 Å². The number of ether oxygens (including phenoxy) is 4. The van der Waals surface area contributed by atoms with E-state index in [1.807, 2.05) is 6.07 Å². The second-order valence-corrected chi connectivity index (χ2v) is 13.2. The fourth-order valence-corrected chi connectivity index (χ4v) is 9.74. The van der Waals surface area contributed by atoms with Crippen LogP contribution in [0.3, 0.4) is 0 Å². The number of fused-ring (bicyclic) bond motifs is 3. The predicted molar refractivity (Wildman–Crippen MR) is 141 cm³/mol. The molecule has 40 heavy (non-hydrogen) atoms. The van der Waals surface area contributed by atoms with Gasteiger partial charge in [0.1, 0.15) is 23.9 Å². The molecule has 10 atom stereocenters. The Bertz CT molecular complexity index is 1230. The average molecular weight is 557 g/mol. The lowest BCUT2D eigenvalue weighted by atomic mass is 9.44. The highest BCUT2D eigenvalue weighted by Crippen LogP contribution is 2.78. The second kappa shape index (κ2) is 9.71. The minimum atomic E-state index is -0.417. The first kappa shape index (κ1) is 27.5. The molecule has 2 heterocycles. The molecule has 1 saturated heterocycles. The van der Waals surface area contributed by atoms with Crippen molar-refractivity contribution in [2.45, 2.75) is 108 Å². The van der Waals surface area contributed by atoms with Crippen LogP contribution in [-0.2, 0) is 33.3 Å². The van der Waals surface area contributed by atoms with Crippen LogP contribution in [0.2, 0.25) is 0 Å². The fraction of sp³-hybridized carbons (Fsp3) is 0.742. The van der Waals surface area contributed by atoms with Crippen molar-refractivity contribution in [3.8, 4) is 0 Å². The van der Waals surface area contributed by atoms with Gasteiger partial charge >= 0.3 is 23.5 Å². The Labute approximate surface area is 234 Å². The van der Waals surface area contributed by atoms with Crippen LogP contribution in [0, 0.1) is 28.6 Å². The molecule has 4 aliphatic carbocycles. The van der Waals surface area contributed by atoms with Crippen molar-refractivity contribution in [2.75, 3.05) is 7.11 Å². The molecule has 0 bridgehead atoms. The van der Waals surface area contributed by atoms with Gasteiger partial charge in [0.25, 0.3) is 0 Å². The molecule has 1 aromatic rings. The maximum Gasteiger partial charge on any atom is 0.335 e. The molecule has 5 aliphatic rings. The third-order valence-corrected chi connectivity index (χ3v) is 11.5. The number of esters is 3. The van der Waals surface area contributed by atoms with E-state index in [1.54, 1.807) is 0 Å². The first-order valence-electron chi connectivity index (χ1n) is 14.7. The quantitative estimate of drug-likeness (QED) is 0.287. The first-order chi connectivity index (χ1) is 19.0. The minimum absolute atomic E-state index is 0.0411. The summed E-state index contributed by atoms with van der Waals surface area (Å²) in [7, 11) is 1.32. The van der Waals surface area contributed by atoms with Gasteiger partial charge in [0.05, 0.1) is 26.2 Å². The van der Waals surface area contributed by atoms with Gasteiger partial charge in [-0.15, -0.1) is 0 Å². The number of rotatable bonds is 6. The van der Waals surface area contributed by atoms with Gasteiger partial charge in [-0.3, -0.25) is 14.4 Å². The molecule has 9 nitrogen and oxygen atoms in total. The summed E-state index contributed by atoms with van der Waals surface area (Å²) in [6.07, 6.45) is 7.59. The van der Waals surface area contributed by atoms with Crippen molar-refractivity contribution < 1.29 is 37.7 Å². The lowest BCUT2D eigenvalue weighted by Gasteiger charge is -2.61. The monoisotopic (exact) mass is 556 g/mol. The Morgan fingerprint density at radius 2 is 1.75 bits per heavy atom. The minimum Gasteiger partial charge on any atom is -0.469 e. The van der Waals surface area contributed by atoms with E-state index in [4.69, 9.17) is 18.6 Å². The fourth-order valence-electron chi connectivity index (χ4n) is 9.74. The highest BCUT2D eigenvalue weighted by molar-refractivity contribution is 5.77. The van der Waals surface area contributed by atoms with Gasteiger partial charge in [0, 0.05) is 24.3 Å². The van der Waals surface area contributed by atoms with E-state index in [2.05, 4.69) is 18.6 Å². The van der Waals surface area contributed by atoms with Gasteiger partial charge in [-0.2, -0.15) is 0 Å². The van der Waals surface area contributed by atoms with Crippen LogP contribution < -0.4 is 5.63 Å². The third-order valence-electron chi connectivity index (χ3n) is 11.5. The third kappa shape index (κ3) is 4.05. The van der Waals surface area contributed by atoms with E-state index in [-0.39, 0.29) is 59.3 Å². The summed E-state index contributed by atoms with van der Waals surface area (Å²) in [6.45, 7) is 6.14. The molecule has 9 heteroatoms. The van der Waals surface area contributed by atoms with Crippen LogP contribution in [0.4, 0.5) is 0 Å². The maximum atomic E-state index is 12.4. The Hall–Kier alpha value is -2.68. The first-order valence-corrected chi connectivity index (χ1v) is 14.7. The van der Waals surface area contributed by atoms with Gasteiger partial charge in [-0.25, -0.2) is 4.79 Å². The Morgan fingerprint density at radius 3 is 2.45 bits per heavy atom. The summed E-state index contributed by atoms with van der Waals surface area (Å²) in [4.78, 5) is 47.7. The topological polar surface area (TPSA) is 122 Å². The molecule has 4 saturated carbocycles. The molecule has 1 aromatic heterocycles. The second-order valence-electron chi connectivity index (χ2n) is 13.2. The molecule has 0 amide bonds. The summed E-state index contributed by atoms with van der Waals surface area (Å²) in [5.41, 5.74) is -0.0294. The molecule has 0 aromatic carbocycles. The Morgan fingerprint density at radius 1 is 0.975 bits per heavy atom. The summed E-state index contributed by atoms with van der Waals surface area (Å²) in [5.74, 6) is 0.0835. The molecule has 1 spiro atoms. The van der Waals surface area contributed by atoms with Crippen molar-refractivity contribution in [3.63, 3.8) is 0 Å². The van der Waals surface area contributed by atoms with Gasteiger partial charge in [0.2, 0.25) is 0 Å². The van der Waals surface area contributed by atoms with Gasteiger partial charge in [-0.05, 0) is 79.7 Å². The van der Waals surface area contributed by atoms with E-state index in [0.717, 1.165) is 50.5 Å². The van der Waals surface area contributed by atoms with E-state index >= 15 is 0 Å². The number of hydrogen-bond acceptors (Lipinski definition) is 9. The van der Waals surface area contributed by atoms with Crippen LogP contribution in [0.15, 0.2) is 27.6 Å². The molecular weight excluding hydrogens is 516 g/mol. The summed E-state index contributed by atoms with van der Waals surface area (Å²) < 4.78 is 28.3. The molecule has 0 radical (unpaired) electrons. The molecule has 6 rings (SSSR count). The lowest BCUT2D eigenvalue weighted by molar-refractivity contribution is -0.168. The van der Waals surface area contributed by atoms with E-state index in [0.29, 0.717) is 17.8 Å². The molecule has 0 N–H and O–H groups in total. The molecule has 1 aliphatic heterocycles. The largest absolute Gasteiger partial charge is 0.469 e. The van der Waals surface area contributed by atoms with E-state index in [9.17, 15) is 19.2 Å². The van der Waals surface area contributed by atoms with Crippen molar-refractivity contribution >= 4 is 17.9 Å². The zero-order chi connectivity index (χ0) is 28.4. The Kier molecular flexibility index (Phi) is 6.67. The normalized spacial score (nSPS) is 42.9. The number of carbonyl (C=O) groups is 3. The Balaban J connectivity index is 1.22.